The lowest BCUT2D eigenvalue weighted by atomic mass is 9.93. The van der Waals surface area contributed by atoms with E-state index in [-0.39, 0.29) is 25.5 Å². The third kappa shape index (κ3) is 10.4. The number of hydrogen-bond acceptors (Lipinski definition) is 11. The monoisotopic (exact) mass is 909 g/mol. The SMILES string of the molecule is COc1ccc2c(O[C@@H]3C[C@H]4C(=O)N[C@]5(C(=O)NS(=O)(=O)C6CC6)C[C@H]5C=CCCCC[C@@H](C)[C@H](NC(=O)OC(C)(C)C(F)F)C(=O)N4C3)cc(-c3ccc(OC(C)C)cc3)nc2c1. The topological polar surface area (TPSA) is 192 Å². The van der Waals surface area contributed by atoms with Crippen LogP contribution in [0, 0.1) is 11.8 Å². The van der Waals surface area contributed by atoms with Gasteiger partial charge in [-0.25, -0.2) is 27.0 Å². The van der Waals surface area contributed by atoms with Crippen LogP contribution in [-0.2, 0) is 29.1 Å². The number of carbonyl (C=O) groups excluding carboxylic acids is 4. The first kappa shape index (κ1) is 46.5. The average Bonchev–Trinajstić information content (AvgIpc) is 4.17. The average molecular weight is 910 g/mol. The van der Waals surface area contributed by atoms with Crippen LogP contribution in [0.1, 0.15) is 86.0 Å². The standard InChI is InChI=1S/C46H57F2N5O10S/c1-26(2)61-30-15-13-28(14-16-30)35-23-38(34-20-17-31(60-6)21-36(34)49-35)62-32-22-37-40(54)51-46(43(56)52-64(58,59)33-18-19-33)24-29(46)12-10-8-7-9-11-27(3)39(41(55)53(37)25-32)50-44(57)63-45(4,5)42(47)48/h10,12-17,20-21,23,26-27,29,32-33,37,39,42H,7-9,11,18-19,22,24-25H2,1-6H3,(H,50,57)(H,51,54)(H,52,56)/t27-,29-,32-,37+,39+,46-/m1/s1. The summed E-state index contributed by atoms with van der Waals surface area (Å²) in [6, 6.07) is 11.9. The van der Waals surface area contributed by atoms with Gasteiger partial charge in [0, 0.05) is 35.4 Å². The highest BCUT2D eigenvalue weighted by molar-refractivity contribution is 7.91. The molecule has 15 nitrogen and oxygen atoms in total. The van der Waals surface area contributed by atoms with Crippen LogP contribution in [0.15, 0.2) is 60.7 Å². The molecule has 18 heteroatoms. The fraction of sp³-hybridized carbons (Fsp3) is 0.543. The summed E-state index contributed by atoms with van der Waals surface area (Å²) in [6.07, 6.45) is 1.83. The van der Waals surface area contributed by atoms with Crippen LogP contribution in [-0.4, -0.2) is 103 Å². The molecule has 2 aliphatic heterocycles. The molecule has 4 amide bonds. The molecule has 2 saturated carbocycles. The Morgan fingerprint density at radius 3 is 2.41 bits per heavy atom. The van der Waals surface area contributed by atoms with Crippen LogP contribution in [0.4, 0.5) is 13.6 Å². The lowest BCUT2D eigenvalue weighted by Gasteiger charge is -2.33. The molecule has 0 unspecified atom stereocenters. The highest BCUT2D eigenvalue weighted by atomic mass is 32.2. The van der Waals surface area contributed by atoms with Gasteiger partial charge in [-0.2, -0.15) is 0 Å². The summed E-state index contributed by atoms with van der Waals surface area (Å²) in [5.41, 5.74) is -1.92. The Morgan fingerprint density at radius 1 is 1.02 bits per heavy atom. The number of halogens is 2. The molecule has 3 heterocycles. The maximum absolute atomic E-state index is 14.9. The molecule has 0 spiro atoms. The number of amides is 4. The molecule has 64 heavy (non-hydrogen) atoms. The van der Waals surface area contributed by atoms with E-state index in [1.54, 1.807) is 38.3 Å². The Morgan fingerprint density at radius 2 is 1.73 bits per heavy atom. The van der Waals surface area contributed by atoms with Crippen LogP contribution in [0.2, 0.25) is 0 Å². The van der Waals surface area contributed by atoms with Gasteiger partial charge in [0.2, 0.25) is 21.8 Å². The minimum Gasteiger partial charge on any atom is -0.497 e. The van der Waals surface area contributed by atoms with E-state index in [2.05, 4.69) is 15.4 Å². The van der Waals surface area contributed by atoms with E-state index < -0.39 is 86.7 Å². The molecule has 3 N–H and O–H groups in total. The Bertz CT molecular complexity index is 2390. The smallest absolute Gasteiger partial charge is 0.408 e. The Labute approximate surface area is 372 Å². The number of methoxy groups -OCH3 is 1. The molecule has 1 aromatic heterocycles. The van der Waals surface area contributed by atoms with E-state index >= 15 is 0 Å². The molecule has 4 aliphatic rings. The van der Waals surface area contributed by atoms with E-state index in [4.69, 9.17) is 23.9 Å². The number of hydrogen-bond donors (Lipinski definition) is 3. The van der Waals surface area contributed by atoms with Gasteiger partial charge in [-0.1, -0.05) is 25.5 Å². The van der Waals surface area contributed by atoms with Gasteiger partial charge in [0.15, 0.2) is 5.60 Å². The van der Waals surface area contributed by atoms with Gasteiger partial charge in [0.25, 0.3) is 12.3 Å². The summed E-state index contributed by atoms with van der Waals surface area (Å²) in [5, 5.41) is 5.32. The van der Waals surface area contributed by atoms with Gasteiger partial charge < -0.3 is 34.5 Å². The maximum atomic E-state index is 14.9. The van der Waals surface area contributed by atoms with E-state index in [1.807, 2.05) is 50.3 Å². The van der Waals surface area contributed by atoms with Crippen LogP contribution in [0.25, 0.3) is 22.2 Å². The lowest BCUT2D eigenvalue weighted by Crippen LogP contribution is -2.59. The molecule has 7 rings (SSSR count). The fourth-order valence-corrected chi connectivity index (χ4v) is 9.63. The van der Waals surface area contributed by atoms with Crippen LogP contribution in [0.5, 0.6) is 17.2 Å². The number of rotatable bonds is 12. The van der Waals surface area contributed by atoms with Gasteiger partial charge in [-0.3, -0.25) is 19.1 Å². The van der Waals surface area contributed by atoms with Crippen molar-refractivity contribution in [3.63, 3.8) is 0 Å². The van der Waals surface area contributed by atoms with Crippen molar-refractivity contribution >= 4 is 44.7 Å². The molecular formula is C46H57F2N5O10S. The molecular weight excluding hydrogens is 853 g/mol. The summed E-state index contributed by atoms with van der Waals surface area (Å²) in [6.45, 7) is 7.58. The Balaban J connectivity index is 1.24. The molecule has 2 aromatic carbocycles. The van der Waals surface area contributed by atoms with Crippen molar-refractivity contribution in [3.8, 4) is 28.5 Å². The predicted octanol–water partition coefficient (Wildman–Crippen LogP) is 6.43. The Kier molecular flexibility index (Phi) is 13.5. The molecule has 0 bridgehead atoms. The summed E-state index contributed by atoms with van der Waals surface area (Å²) < 4.78 is 78.9. The second-order valence-corrected chi connectivity index (χ2v) is 20.1. The first-order valence-electron chi connectivity index (χ1n) is 21.9. The van der Waals surface area contributed by atoms with Crippen molar-refractivity contribution in [2.75, 3.05) is 13.7 Å². The molecule has 2 aliphatic carbocycles. The minimum atomic E-state index is -3.97. The second-order valence-electron chi connectivity index (χ2n) is 18.1. The first-order valence-corrected chi connectivity index (χ1v) is 23.4. The number of ether oxygens (including phenoxy) is 4. The third-order valence-corrected chi connectivity index (χ3v) is 14.1. The molecule has 3 fully saturated rings. The number of pyridine rings is 1. The van der Waals surface area contributed by atoms with Gasteiger partial charge in [-0.05, 0) is 109 Å². The minimum absolute atomic E-state index is 0.0267. The number of alkyl halides is 2. The summed E-state index contributed by atoms with van der Waals surface area (Å²) in [5.74, 6) is -1.70. The number of carbonyl (C=O) groups is 4. The van der Waals surface area contributed by atoms with Crippen LogP contribution >= 0.6 is 0 Å². The molecule has 346 valence electrons. The highest BCUT2D eigenvalue weighted by Crippen LogP contribution is 2.46. The predicted molar refractivity (Wildman–Crippen MR) is 233 cm³/mol. The van der Waals surface area contributed by atoms with Gasteiger partial charge in [0.05, 0.1) is 36.2 Å². The maximum Gasteiger partial charge on any atom is 0.408 e. The number of benzene rings is 2. The highest BCUT2D eigenvalue weighted by Gasteiger charge is 2.62. The number of sulfonamides is 1. The molecule has 3 aromatic rings. The number of fused-ring (bicyclic) bond motifs is 3. The number of aromatic nitrogens is 1. The zero-order valence-corrected chi connectivity index (χ0v) is 37.7. The van der Waals surface area contributed by atoms with Crippen LogP contribution in [0.3, 0.4) is 0 Å². The lowest BCUT2D eigenvalue weighted by molar-refractivity contribution is -0.142. The normalized spacial score (nSPS) is 25.4. The first-order chi connectivity index (χ1) is 30.3. The summed E-state index contributed by atoms with van der Waals surface area (Å²) in [4.78, 5) is 62.9. The van der Waals surface area contributed by atoms with Crippen molar-refractivity contribution in [1.82, 2.24) is 25.2 Å². The van der Waals surface area contributed by atoms with Crippen molar-refractivity contribution in [3.05, 3.63) is 60.7 Å². The van der Waals surface area contributed by atoms with Gasteiger partial charge in [0.1, 0.15) is 41.0 Å². The van der Waals surface area contributed by atoms with Crippen molar-refractivity contribution in [2.24, 2.45) is 11.8 Å². The molecule has 6 atom stereocenters. The largest absolute Gasteiger partial charge is 0.497 e. The molecule has 0 radical (unpaired) electrons. The Hall–Kier alpha value is -5.52. The molecule has 1 saturated heterocycles. The number of allylic oxidation sites excluding steroid dienone is 1. The fourth-order valence-electron chi connectivity index (χ4n) is 8.27. The number of nitrogens with zero attached hydrogens (tertiary/aromatic N) is 2. The van der Waals surface area contributed by atoms with E-state index in [0.717, 1.165) is 19.4 Å². The quantitative estimate of drug-likeness (QED) is 0.170. The van der Waals surface area contributed by atoms with E-state index in [0.29, 0.717) is 72.4 Å². The second kappa shape index (κ2) is 18.5. The van der Waals surface area contributed by atoms with Crippen molar-refractivity contribution < 1.29 is 55.3 Å². The van der Waals surface area contributed by atoms with E-state index in [1.165, 1.54) is 4.90 Å². The third-order valence-electron chi connectivity index (χ3n) is 12.2. The van der Waals surface area contributed by atoms with Crippen molar-refractivity contribution in [2.45, 2.75) is 133 Å². The summed E-state index contributed by atoms with van der Waals surface area (Å²) >= 11 is 0. The van der Waals surface area contributed by atoms with Crippen LogP contribution < -0.4 is 29.6 Å². The van der Waals surface area contributed by atoms with Gasteiger partial charge >= 0.3 is 6.09 Å². The van der Waals surface area contributed by atoms with Gasteiger partial charge in [-0.15, -0.1) is 0 Å². The van der Waals surface area contributed by atoms with E-state index in [9.17, 15) is 36.4 Å². The van der Waals surface area contributed by atoms with Crippen molar-refractivity contribution in [1.29, 1.82) is 0 Å². The number of alkyl carbamates (subject to hydrolysis) is 1. The zero-order valence-electron chi connectivity index (χ0n) is 36.9. The number of nitrogens with one attached hydrogen (secondary N) is 3. The zero-order chi connectivity index (χ0) is 46.1. The summed E-state index contributed by atoms with van der Waals surface area (Å²) in [7, 11) is -2.43.